The van der Waals surface area contributed by atoms with E-state index in [1.807, 2.05) is 55.1 Å². The topological polar surface area (TPSA) is 50.5 Å². The molecule has 1 saturated heterocycles. The summed E-state index contributed by atoms with van der Waals surface area (Å²) in [5.74, 6) is 1.82. The first kappa shape index (κ1) is 15.1. The number of aromatic nitrogens is 2. The molecule has 0 aliphatic carbocycles. The van der Waals surface area contributed by atoms with Gasteiger partial charge in [0.1, 0.15) is 23.3 Å². The van der Waals surface area contributed by atoms with Crippen molar-refractivity contribution in [1.29, 1.82) is 0 Å². The molecule has 2 heterocycles. The maximum atomic E-state index is 10.8. The summed E-state index contributed by atoms with van der Waals surface area (Å²) < 4.78 is 8.00. The lowest BCUT2D eigenvalue weighted by Gasteiger charge is -2.42. The number of benzene rings is 1. The van der Waals surface area contributed by atoms with Gasteiger partial charge in [0.2, 0.25) is 0 Å². The summed E-state index contributed by atoms with van der Waals surface area (Å²) >= 11 is 0. The van der Waals surface area contributed by atoms with Crippen LogP contribution >= 0.6 is 0 Å². The molecule has 1 fully saturated rings. The average Bonchev–Trinajstić information content (AvgIpc) is 2.88. The molecule has 2 atom stereocenters. The predicted octanol–water partition coefficient (Wildman–Crippen LogP) is 1.82. The quantitative estimate of drug-likeness (QED) is 0.936. The number of nitrogens with zero attached hydrogens (tertiary/aromatic N) is 3. The van der Waals surface area contributed by atoms with Crippen LogP contribution in [-0.4, -0.2) is 44.4 Å². The molecule has 0 amide bonds. The van der Waals surface area contributed by atoms with E-state index < -0.39 is 5.60 Å². The Labute approximate surface area is 131 Å². The number of aryl methyl sites for hydroxylation is 1. The number of hydrogen-bond donors (Lipinski definition) is 1. The molecule has 1 aliphatic heterocycles. The van der Waals surface area contributed by atoms with Gasteiger partial charge >= 0.3 is 0 Å². The molecule has 22 heavy (non-hydrogen) atoms. The smallest absolute Gasteiger partial charge is 0.129 e. The third-order valence-electron chi connectivity index (χ3n) is 4.25. The third kappa shape index (κ3) is 3.31. The van der Waals surface area contributed by atoms with Crippen LogP contribution in [0.4, 0.5) is 0 Å². The van der Waals surface area contributed by atoms with Crippen molar-refractivity contribution in [2.75, 3.05) is 13.1 Å². The van der Waals surface area contributed by atoms with Crippen molar-refractivity contribution in [2.24, 2.45) is 7.05 Å². The van der Waals surface area contributed by atoms with Crippen LogP contribution in [0.15, 0.2) is 42.7 Å². The largest absolute Gasteiger partial charge is 0.487 e. The predicted molar refractivity (Wildman–Crippen MR) is 84.6 cm³/mol. The standard InChI is InChI=1S/C17H23N3O2/c1-17(21)13-20(12-16-18-9-11-19(16)2)10-8-15(17)22-14-6-4-3-5-7-14/h3-7,9,11,15,21H,8,10,12-13H2,1-2H3/t15-,17-/m0/s1. The van der Waals surface area contributed by atoms with E-state index in [-0.39, 0.29) is 6.10 Å². The van der Waals surface area contributed by atoms with Crippen LogP contribution in [0.5, 0.6) is 5.75 Å². The highest BCUT2D eigenvalue weighted by Gasteiger charge is 2.39. The molecule has 0 radical (unpaired) electrons. The lowest BCUT2D eigenvalue weighted by Crippen LogP contribution is -2.56. The fourth-order valence-electron chi connectivity index (χ4n) is 2.98. The first-order chi connectivity index (χ1) is 10.5. The van der Waals surface area contributed by atoms with E-state index >= 15 is 0 Å². The van der Waals surface area contributed by atoms with Gasteiger partial charge in [-0.05, 0) is 25.5 Å². The molecule has 1 N–H and O–H groups in total. The number of imidazole rings is 1. The van der Waals surface area contributed by atoms with Crippen LogP contribution in [0.3, 0.4) is 0 Å². The zero-order valence-electron chi connectivity index (χ0n) is 13.1. The number of likely N-dealkylation sites (tertiary alicyclic amines) is 1. The summed E-state index contributed by atoms with van der Waals surface area (Å²) in [6, 6.07) is 9.70. The molecule has 5 nitrogen and oxygen atoms in total. The minimum atomic E-state index is -0.876. The molecule has 2 aromatic rings. The highest BCUT2D eigenvalue weighted by molar-refractivity contribution is 5.22. The van der Waals surface area contributed by atoms with Crippen LogP contribution in [0.1, 0.15) is 19.2 Å². The normalized spacial score (nSPS) is 26.0. The lowest BCUT2D eigenvalue weighted by molar-refractivity contribution is -0.0997. The molecule has 0 spiro atoms. The van der Waals surface area contributed by atoms with Gasteiger partial charge in [0.15, 0.2) is 0 Å². The Kier molecular flexibility index (Phi) is 4.18. The fraction of sp³-hybridized carbons (Fsp3) is 0.471. The minimum absolute atomic E-state index is 0.187. The Morgan fingerprint density at radius 1 is 1.36 bits per heavy atom. The molecular formula is C17H23N3O2. The van der Waals surface area contributed by atoms with E-state index in [9.17, 15) is 5.11 Å². The van der Waals surface area contributed by atoms with E-state index in [4.69, 9.17) is 4.74 Å². The summed E-state index contributed by atoms with van der Waals surface area (Å²) in [5.41, 5.74) is -0.876. The van der Waals surface area contributed by atoms with Crippen molar-refractivity contribution >= 4 is 0 Å². The van der Waals surface area contributed by atoms with Gasteiger partial charge in [0.05, 0.1) is 6.54 Å². The number of rotatable bonds is 4. The zero-order valence-corrected chi connectivity index (χ0v) is 13.1. The van der Waals surface area contributed by atoms with E-state index in [2.05, 4.69) is 9.88 Å². The second-order valence-corrected chi connectivity index (χ2v) is 6.23. The van der Waals surface area contributed by atoms with Crippen LogP contribution in [-0.2, 0) is 13.6 Å². The van der Waals surface area contributed by atoms with Gasteiger partial charge in [-0.15, -0.1) is 0 Å². The molecule has 0 bridgehead atoms. The lowest BCUT2D eigenvalue weighted by atomic mass is 9.91. The van der Waals surface area contributed by atoms with E-state index in [0.29, 0.717) is 6.54 Å². The molecular weight excluding hydrogens is 278 g/mol. The maximum Gasteiger partial charge on any atom is 0.129 e. The first-order valence-electron chi connectivity index (χ1n) is 7.67. The van der Waals surface area contributed by atoms with Crippen molar-refractivity contribution in [1.82, 2.24) is 14.5 Å². The van der Waals surface area contributed by atoms with E-state index in [1.54, 1.807) is 6.20 Å². The summed E-state index contributed by atoms with van der Waals surface area (Å²) in [6.45, 7) is 4.07. The number of piperidine rings is 1. The number of ether oxygens (including phenoxy) is 1. The summed E-state index contributed by atoms with van der Waals surface area (Å²) in [6.07, 6.45) is 4.36. The summed E-state index contributed by atoms with van der Waals surface area (Å²) in [5, 5.41) is 10.8. The number of para-hydroxylation sites is 1. The summed E-state index contributed by atoms with van der Waals surface area (Å²) in [7, 11) is 1.99. The SMILES string of the molecule is Cn1ccnc1CN1CC[C@H](Oc2ccccc2)[C@@](C)(O)C1. The Morgan fingerprint density at radius 2 is 2.14 bits per heavy atom. The third-order valence-corrected chi connectivity index (χ3v) is 4.25. The van der Waals surface area contributed by atoms with Crippen molar-refractivity contribution in [2.45, 2.75) is 31.6 Å². The molecule has 0 saturated carbocycles. The van der Waals surface area contributed by atoms with Crippen molar-refractivity contribution in [3.63, 3.8) is 0 Å². The first-order valence-corrected chi connectivity index (χ1v) is 7.67. The summed E-state index contributed by atoms with van der Waals surface area (Å²) in [4.78, 5) is 6.58. The highest BCUT2D eigenvalue weighted by atomic mass is 16.5. The molecule has 5 heteroatoms. The van der Waals surface area contributed by atoms with E-state index in [1.165, 1.54) is 0 Å². The maximum absolute atomic E-state index is 10.8. The number of hydrogen-bond acceptors (Lipinski definition) is 4. The van der Waals surface area contributed by atoms with Crippen LogP contribution in [0, 0.1) is 0 Å². The van der Waals surface area contributed by atoms with Crippen LogP contribution < -0.4 is 4.74 Å². The second-order valence-electron chi connectivity index (χ2n) is 6.23. The van der Waals surface area contributed by atoms with Gasteiger partial charge in [-0.3, -0.25) is 4.90 Å². The van der Waals surface area contributed by atoms with Crippen molar-refractivity contribution in [3.8, 4) is 5.75 Å². The van der Waals surface area contributed by atoms with E-state index in [0.717, 1.165) is 31.1 Å². The molecule has 1 aromatic heterocycles. The minimum Gasteiger partial charge on any atom is -0.487 e. The van der Waals surface area contributed by atoms with Gasteiger partial charge in [0, 0.05) is 32.5 Å². The number of β-amino-alcohol motifs (C(OH)–C–C–N with tert-alkyl or cyclic N) is 1. The van der Waals surface area contributed by atoms with Crippen molar-refractivity contribution in [3.05, 3.63) is 48.5 Å². The Hall–Kier alpha value is -1.85. The zero-order chi connectivity index (χ0) is 15.6. The van der Waals surface area contributed by atoms with Gasteiger partial charge in [-0.2, -0.15) is 0 Å². The van der Waals surface area contributed by atoms with Gasteiger partial charge in [-0.1, -0.05) is 18.2 Å². The van der Waals surface area contributed by atoms with Crippen molar-refractivity contribution < 1.29 is 9.84 Å². The Balaban J connectivity index is 1.63. The molecule has 3 rings (SSSR count). The van der Waals surface area contributed by atoms with Gasteiger partial charge < -0.3 is 14.4 Å². The van der Waals surface area contributed by atoms with Gasteiger partial charge in [-0.25, -0.2) is 4.98 Å². The van der Waals surface area contributed by atoms with Crippen LogP contribution in [0.25, 0.3) is 0 Å². The molecule has 1 aromatic carbocycles. The fourth-order valence-corrected chi connectivity index (χ4v) is 2.98. The molecule has 118 valence electrons. The Bertz CT molecular complexity index is 609. The monoisotopic (exact) mass is 301 g/mol. The molecule has 0 unspecified atom stereocenters. The van der Waals surface area contributed by atoms with Gasteiger partial charge in [0.25, 0.3) is 0 Å². The number of aliphatic hydroxyl groups is 1. The average molecular weight is 301 g/mol. The Morgan fingerprint density at radius 3 is 2.77 bits per heavy atom. The molecule has 1 aliphatic rings. The second kappa shape index (κ2) is 6.10. The van der Waals surface area contributed by atoms with Crippen LogP contribution in [0.2, 0.25) is 0 Å². The highest BCUT2D eigenvalue weighted by Crippen LogP contribution is 2.26.